The summed E-state index contributed by atoms with van der Waals surface area (Å²) >= 11 is 0. The molecule has 0 amide bonds. The summed E-state index contributed by atoms with van der Waals surface area (Å²) in [4.78, 5) is 4.08. The van der Waals surface area contributed by atoms with Crippen LogP contribution in [-0.2, 0) is 11.3 Å². The molecule has 28 heavy (non-hydrogen) atoms. The van der Waals surface area contributed by atoms with Crippen LogP contribution in [0.4, 0.5) is 0 Å². The normalized spacial score (nSPS) is 12.0. The molecule has 1 rings (SSSR count). The summed E-state index contributed by atoms with van der Waals surface area (Å²) in [5, 5.41) is 0. The van der Waals surface area contributed by atoms with E-state index in [1.807, 2.05) is 12.5 Å². The Balaban J connectivity index is 1.69. The number of aromatic nitrogens is 2. The van der Waals surface area contributed by atoms with Gasteiger partial charge in [-0.15, -0.1) is 0 Å². The molecule has 0 fully saturated rings. The van der Waals surface area contributed by atoms with Gasteiger partial charge in [-0.25, -0.2) is 4.98 Å². The van der Waals surface area contributed by atoms with Gasteiger partial charge in [0, 0.05) is 32.2 Å². The van der Waals surface area contributed by atoms with Gasteiger partial charge in [-0.3, -0.25) is 0 Å². The van der Waals surface area contributed by atoms with Crippen molar-refractivity contribution in [2.75, 3.05) is 13.2 Å². The lowest BCUT2D eigenvalue weighted by atomic mass is 9.85. The van der Waals surface area contributed by atoms with Crippen molar-refractivity contribution >= 4 is 0 Å². The fourth-order valence-corrected chi connectivity index (χ4v) is 3.62. The molecule has 1 aromatic rings. The topological polar surface area (TPSA) is 27.1 Å². The first kappa shape index (κ1) is 25.2. The monoisotopic (exact) mass is 392 g/mol. The fraction of sp³-hybridized carbons (Fsp3) is 0.880. The standard InChI is InChI=1S/C25H48N2O/c1-4-25(2,3)18-17-23-28-22-16-14-12-10-8-6-5-7-9-11-13-15-20-27-21-19-26-24-27/h19,21,24H,4-18,20,22-23H2,1-3H3. The molecule has 0 atom stereocenters. The van der Waals surface area contributed by atoms with Crippen LogP contribution in [0.2, 0.25) is 0 Å². The van der Waals surface area contributed by atoms with Crippen LogP contribution < -0.4 is 0 Å². The molecule has 0 saturated carbocycles. The third kappa shape index (κ3) is 15.1. The Bertz CT molecular complexity index is 428. The highest BCUT2D eigenvalue weighted by atomic mass is 16.5. The first-order valence-corrected chi connectivity index (χ1v) is 12.2. The molecule has 3 nitrogen and oxygen atoms in total. The van der Waals surface area contributed by atoms with Gasteiger partial charge in [0.15, 0.2) is 0 Å². The van der Waals surface area contributed by atoms with Gasteiger partial charge in [0.05, 0.1) is 6.33 Å². The van der Waals surface area contributed by atoms with Gasteiger partial charge in [0.2, 0.25) is 0 Å². The van der Waals surface area contributed by atoms with E-state index in [0.29, 0.717) is 5.41 Å². The van der Waals surface area contributed by atoms with Crippen LogP contribution in [0.3, 0.4) is 0 Å². The van der Waals surface area contributed by atoms with E-state index in [1.54, 1.807) is 0 Å². The average molecular weight is 393 g/mol. The summed E-state index contributed by atoms with van der Waals surface area (Å²) in [6.07, 6.45) is 26.2. The predicted octanol–water partition coefficient (Wildman–Crippen LogP) is 7.80. The SMILES string of the molecule is CCC(C)(C)CCCOCCCCCCCCCCCCCCn1ccnc1. The van der Waals surface area contributed by atoms with Crippen molar-refractivity contribution in [3.05, 3.63) is 18.7 Å². The summed E-state index contributed by atoms with van der Waals surface area (Å²) in [5.74, 6) is 0. The van der Waals surface area contributed by atoms with Crippen molar-refractivity contribution in [2.24, 2.45) is 5.41 Å². The van der Waals surface area contributed by atoms with Gasteiger partial charge in [-0.1, -0.05) is 91.4 Å². The van der Waals surface area contributed by atoms with Crippen molar-refractivity contribution in [3.8, 4) is 0 Å². The van der Waals surface area contributed by atoms with Crippen molar-refractivity contribution in [1.82, 2.24) is 9.55 Å². The number of unbranched alkanes of at least 4 members (excludes halogenated alkanes) is 11. The number of imidazole rings is 1. The zero-order valence-corrected chi connectivity index (χ0v) is 19.3. The van der Waals surface area contributed by atoms with E-state index in [1.165, 1.54) is 96.3 Å². The molecule has 0 unspecified atom stereocenters. The molecule has 164 valence electrons. The van der Waals surface area contributed by atoms with E-state index < -0.39 is 0 Å². The predicted molar refractivity (Wildman–Crippen MR) is 122 cm³/mol. The van der Waals surface area contributed by atoms with E-state index in [-0.39, 0.29) is 0 Å². The number of hydrogen-bond donors (Lipinski definition) is 0. The van der Waals surface area contributed by atoms with Crippen molar-refractivity contribution in [3.63, 3.8) is 0 Å². The van der Waals surface area contributed by atoms with Gasteiger partial charge in [0.25, 0.3) is 0 Å². The minimum absolute atomic E-state index is 0.490. The van der Waals surface area contributed by atoms with Gasteiger partial charge < -0.3 is 9.30 Å². The average Bonchev–Trinajstić information content (AvgIpc) is 3.20. The number of hydrogen-bond acceptors (Lipinski definition) is 2. The van der Waals surface area contributed by atoms with Gasteiger partial charge in [0.1, 0.15) is 0 Å². The van der Waals surface area contributed by atoms with Gasteiger partial charge in [-0.2, -0.15) is 0 Å². The first-order valence-electron chi connectivity index (χ1n) is 12.2. The molecule has 0 radical (unpaired) electrons. The van der Waals surface area contributed by atoms with E-state index in [9.17, 15) is 0 Å². The second-order valence-corrected chi connectivity index (χ2v) is 9.28. The molecule has 0 bridgehead atoms. The van der Waals surface area contributed by atoms with Crippen LogP contribution in [0, 0.1) is 5.41 Å². The molecule has 0 aliphatic heterocycles. The minimum atomic E-state index is 0.490. The van der Waals surface area contributed by atoms with E-state index in [0.717, 1.165) is 19.8 Å². The Kier molecular flexibility index (Phi) is 15.4. The number of rotatable bonds is 20. The molecule has 0 N–H and O–H groups in total. The molecule has 0 saturated heterocycles. The Labute approximate surface area is 175 Å². The largest absolute Gasteiger partial charge is 0.381 e. The van der Waals surface area contributed by atoms with Crippen LogP contribution >= 0.6 is 0 Å². The highest BCUT2D eigenvalue weighted by molar-refractivity contribution is 4.73. The zero-order valence-electron chi connectivity index (χ0n) is 19.3. The third-order valence-electron chi connectivity index (χ3n) is 6.11. The summed E-state index contributed by atoms with van der Waals surface area (Å²) in [6, 6.07) is 0. The second-order valence-electron chi connectivity index (χ2n) is 9.28. The van der Waals surface area contributed by atoms with E-state index in [4.69, 9.17) is 4.74 Å². The van der Waals surface area contributed by atoms with E-state index in [2.05, 4.69) is 36.5 Å². The van der Waals surface area contributed by atoms with Crippen molar-refractivity contribution < 1.29 is 4.74 Å². The maximum Gasteiger partial charge on any atom is 0.0945 e. The Morgan fingerprint density at radius 1 is 0.750 bits per heavy atom. The van der Waals surface area contributed by atoms with E-state index >= 15 is 0 Å². The molecule has 0 aromatic carbocycles. The molecule has 0 spiro atoms. The lowest BCUT2D eigenvalue weighted by Crippen LogP contribution is -2.10. The molecule has 1 aromatic heterocycles. The highest BCUT2D eigenvalue weighted by Gasteiger charge is 2.13. The smallest absolute Gasteiger partial charge is 0.0945 e. The lowest BCUT2D eigenvalue weighted by molar-refractivity contribution is 0.116. The molecular weight excluding hydrogens is 344 g/mol. The van der Waals surface area contributed by atoms with Crippen LogP contribution in [0.15, 0.2) is 18.7 Å². The number of aryl methyl sites for hydroxylation is 1. The maximum atomic E-state index is 5.79. The second kappa shape index (κ2) is 17.1. The molecule has 3 heteroatoms. The van der Waals surface area contributed by atoms with Gasteiger partial charge >= 0.3 is 0 Å². The molecular formula is C25H48N2O. The van der Waals surface area contributed by atoms with Crippen molar-refractivity contribution in [1.29, 1.82) is 0 Å². The summed E-state index contributed by atoms with van der Waals surface area (Å²) in [7, 11) is 0. The number of ether oxygens (including phenoxy) is 1. The summed E-state index contributed by atoms with van der Waals surface area (Å²) in [5.41, 5.74) is 0.490. The number of nitrogens with zero attached hydrogens (tertiary/aromatic N) is 2. The lowest BCUT2D eigenvalue weighted by Gasteiger charge is -2.22. The third-order valence-corrected chi connectivity index (χ3v) is 6.11. The van der Waals surface area contributed by atoms with Crippen LogP contribution in [0.5, 0.6) is 0 Å². The maximum absolute atomic E-state index is 5.79. The van der Waals surface area contributed by atoms with Crippen LogP contribution in [0.1, 0.15) is 117 Å². The van der Waals surface area contributed by atoms with Crippen LogP contribution in [-0.4, -0.2) is 22.8 Å². The first-order chi connectivity index (χ1) is 13.6. The summed E-state index contributed by atoms with van der Waals surface area (Å²) in [6.45, 7) is 10.0. The Hall–Kier alpha value is -0.830. The molecule has 0 aliphatic rings. The van der Waals surface area contributed by atoms with Crippen LogP contribution in [0.25, 0.3) is 0 Å². The molecule has 0 aliphatic carbocycles. The molecule has 1 heterocycles. The quantitative estimate of drug-likeness (QED) is 0.212. The van der Waals surface area contributed by atoms with Crippen molar-refractivity contribution in [2.45, 2.75) is 124 Å². The Morgan fingerprint density at radius 3 is 1.82 bits per heavy atom. The Morgan fingerprint density at radius 2 is 1.29 bits per heavy atom. The zero-order chi connectivity index (χ0) is 20.3. The fourth-order valence-electron chi connectivity index (χ4n) is 3.62. The highest BCUT2D eigenvalue weighted by Crippen LogP contribution is 2.25. The van der Waals surface area contributed by atoms with Gasteiger partial charge in [-0.05, 0) is 31.1 Å². The minimum Gasteiger partial charge on any atom is -0.381 e. The summed E-state index contributed by atoms with van der Waals surface area (Å²) < 4.78 is 7.97.